The summed E-state index contributed by atoms with van der Waals surface area (Å²) >= 11 is 0. The van der Waals surface area contributed by atoms with E-state index in [0.717, 1.165) is 51.4 Å². The Balaban J connectivity index is 3.42. The Morgan fingerprint density at radius 2 is 0.733 bits per heavy atom. The predicted molar refractivity (Wildman–Crippen MR) is 267 cm³/mol. The van der Waals surface area contributed by atoms with Crippen LogP contribution in [0.4, 0.5) is 0 Å². The van der Waals surface area contributed by atoms with Gasteiger partial charge in [-0.05, 0) is 51.4 Å². The molecule has 3 N–H and O–H groups in total. The molecule has 1 amide bonds. The maximum Gasteiger partial charge on any atom is 0.220 e. The summed E-state index contributed by atoms with van der Waals surface area (Å²) in [5.74, 6) is -0.0278. The van der Waals surface area contributed by atoms with Crippen LogP contribution < -0.4 is 5.32 Å². The maximum atomic E-state index is 12.5. The maximum absolute atomic E-state index is 12.5. The number of hydrogen-bond acceptors (Lipinski definition) is 3. The summed E-state index contributed by atoms with van der Waals surface area (Å²) in [6.45, 7) is 4.26. The van der Waals surface area contributed by atoms with Crippen LogP contribution in [0.1, 0.15) is 284 Å². The first kappa shape index (κ1) is 58.4. The normalized spacial score (nSPS) is 13.2. The molecule has 0 spiro atoms. The van der Waals surface area contributed by atoms with Crippen molar-refractivity contribution in [3.05, 3.63) is 48.6 Å². The summed E-state index contributed by atoms with van der Waals surface area (Å²) in [5, 5.41) is 23.3. The molecule has 0 aliphatic heterocycles. The number of allylic oxidation sites excluding steroid dienone is 8. The van der Waals surface area contributed by atoms with Crippen molar-refractivity contribution < 1.29 is 15.0 Å². The van der Waals surface area contributed by atoms with Gasteiger partial charge in [-0.3, -0.25) is 4.79 Å². The summed E-state index contributed by atoms with van der Waals surface area (Å²) in [4.78, 5) is 12.5. The second kappa shape index (κ2) is 51.7. The van der Waals surface area contributed by atoms with Gasteiger partial charge in [-0.15, -0.1) is 0 Å². The van der Waals surface area contributed by atoms with Gasteiger partial charge in [-0.1, -0.05) is 274 Å². The molecule has 0 saturated heterocycles. The van der Waals surface area contributed by atoms with Gasteiger partial charge >= 0.3 is 0 Å². The van der Waals surface area contributed by atoms with Crippen molar-refractivity contribution in [3.63, 3.8) is 0 Å². The molecule has 0 aromatic carbocycles. The van der Waals surface area contributed by atoms with E-state index < -0.39 is 12.1 Å². The second-order valence-corrected chi connectivity index (χ2v) is 18.3. The lowest BCUT2D eigenvalue weighted by atomic mass is 10.0. The highest BCUT2D eigenvalue weighted by Crippen LogP contribution is 2.17. The summed E-state index contributed by atoms with van der Waals surface area (Å²) in [6, 6.07) is -0.535. The van der Waals surface area contributed by atoms with E-state index in [1.165, 1.54) is 205 Å². The van der Waals surface area contributed by atoms with E-state index in [1.807, 2.05) is 0 Å². The van der Waals surface area contributed by atoms with E-state index in [-0.39, 0.29) is 12.5 Å². The van der Waals surface area contributed by atoms with E-state index >= 15 is 0 Å². The Bertz CT molecular complexity index is 954. The van der Waals surface area contributed by atoms with Crippen LogP contribution in [0.15, 0.2) is 48.6 Å². The largest absolute Gasteiger partial charge is 0.394 e. The van der Waals surface area contributed by atoms with Crippen LogP contribution in [0.25, 0.3) is 0 Å². The standard InChI is InChI=1S/C56H105NO3/c1-3-5-7-9-11-13-15-17-19-20-21-22-23-24-25-26-27-28-29-30-31-32-33-34-35-36-38-40-42-44-46-48-50-52-56(60)57-54(53-58)55(59)51-49-47-45-43-41-39-37-18-16-14-12-10-8-6-4-2/h5,7,11,13,17,19,21-22,54-55,58-59H,3-4,6,8-10,12,14-16,18,20,23-53H2,1-2H3,(H,57,60)/b7-5-,13-11-,19-17-,22-21-. The highest BCUT2D eigenvalue weighted by atomic mass is 16.3. The van der Waals surface area contributed by atoms with Crippen molar-refractivity contribution in [2.45, 2.75) is 296 Å². The number of hydrogen-bond donors (Lipinski definition) is 3. The predicted octanol–water partition coefficient (Wildman–Crippen LogP) is 17.5. The van der Waals surface area contributed by atoms with Crippen LogP contribution in [-0.4, -0.2) is 34.9 Å². The van der Waals surface area contributed by atoms with Crippen molar-refractivity contribution in [1.29, 1.82) is 0 Å². The third-order valence-electron chi connectivity index (χ3n) is 12.4. The molecule has 0 heterocycles. The number of nitrogens with one attached hydrogen (secondary N) is 1. The number of carbonyl (C=O) groups is 1. The fraction of sp³-hybridized carbons (Fsp3) is 0.839. The van der Waals surface area contributed by atoms with E-state index in [9.17, 15) is 15.0 Å². The molecule has 2 unspecified atom stereocenters. The summed E-state index contributed by atoms with van der Waals surface area (Å²) in [6.07, 6.45) is 70.9. The SMILES string of the molecule is CC/C=C\C/C=C\C/C=C\C/C=C\CCCCCCCCCCCCCCCCCCCCCCC(=O)NC(CO)C(O)CCCCCCCCCCCCCCCCC. The molecule has 0 aromatic rings. The van der Waals surface area contributed by atoms with Crippen LogP contribution in [0.2, 0.25) is 0 Å². The molecule has 0 bridgehead atoms. The molecule has 4 heteroatoms. The number of amides is 1. The Morgan fingerprint density at radius 1 is 0.417 bits per heavy atom. The quantitative estimate of drug-likeness (QED) is 0.0422. The Labute approximate surface area is 375 Å². The molecule has 0 saturated carbocycles. The highest BCUT2D eigenvalue weighted by molar-refractivity contribution is 5.76. The average Bonchev–Trinajstić information content (AvgIpc) is 3.25. The van der Waals surface area contributed by atoms with Gasteiger partial charge in [-0.25, -0.2) is 0 Å². The first-order chi connectivity index (χ1) is 29.7. The van der Waals surface area contributed by atoms with Gasteiger partial charge in [0.25, 0.3) is 0 Å². The molecule has 0 aliphatic rings. The first-order valence-corrected chi connectivity index (χ1v) is 26.8. The van der Waals surface area contributed by atoms with Gasteiger partial charge in [-0.2, -0.15) is 0 Å². The lowest BCUT2D eigenvalue weighted by Crippen LogP contribution is -2.45. The molecular formula is C56H105NO3. The van der Waals surface area contributed by atoms with E-state index in [2.05, 4.69) is 67.8 Å². The molecular weight excluding hydrogens is 735 g/mol. The molecule has 60 heavy (non-hydrogen) atoms. The van der Waals surface area contributed by atoms with E-state index in [0.29, 0.717) is 12.8 Å². The zero-order valence-electron chi connectivity index (χ0n) is 40.5. The molecule has 2 atom stereocenters. The monoisotopic (exact) mass is 840 g/mol. The lowest BCUT2D eigenvalue weighted by molar-refractivity contribution is -0.123. The molecule has 0 aliphatic carbocycles. The van der Waals surface area contributed by atoms with Crippen LogP contribution in [0.3, 0.4) is 0 Å². The Hall–Kier alpha value is -1.65. The number of rotatable bonds is 49. The summed E-state index contributed by atoms with van der Waals surface area (Å²) < 4.78 is 0. The minimum Gasteiger partial charge on any atom is -0.394 e. The molecule has 0 radical (unpaired) electrons. The number of aliphatic hydroxyl groups is 2. The minimum atomic E-state index is -0.658. The summed E-state index contributed by atoms with van der Waals surface area (Å²) in [7, 11) is 0. The lowest BCUT2D eigenvalue weighted by Gasteiger charge is -2.22. The minimum absolute atomic E-state index is 0.0278. The van der Waals surface area contributed by atoms with Crippen molar-refractivity contribution in [3.8, 4) is 0 Å². The topological polar surface area (TPSA) is 69.6 Å². The van der Waals surface area contributed by atoms with Gasteiger partial charge in [0, 0.05) is 6.42 Å². The number of carbonyl (C=O) groups excluding carboxylic acids is 1. The average molecular weight is 840 g/mol. The molecule has 0 fully saturated rings. The third kappa shape index (κ3) is 47.4. The molecule has 0 rings (SSSR count). The second-order valence-electron chi connectivity index (χ2n) is 18.3. The van der Waals surface area contributed by atoms with Crippen molar-refractivity contribution >= 4 is 5.91 Å². The third-order valence-corrected chi connectivity index (χ3v) is 12.4. The van der Waals surface area contributed by atoms with Crippen molar-refractivity contribution in [1.82, 2.24) is 5.32 Å². The van der Waals surface area contributed by atoms with E-state index in [4.69, 9.17) is 0 Å². The molecule has 352 valence electrons. The first-order valence-electron chi connectivity index (χ1n) is 26.8. The smallest absolute Gasteiger partial charge is 0.220 e. The van der Waals surface area contributed by atoms with Gasteiger partial charge in [0.05, 0.1) is 18.8 Å². The van der Waals surface area contributed by atoms with Gasteiger partial charge in [0.15, 0.2) is 0 Å². The van der Waals surface area contributed by atoms with Crippen molar-refractivity contribution in [2.24, 2.45) is 0 Å². The van der Waals surface area contributed by atoms with Gasteiger partial charge in [0.2, 0.25) is 5.91 Å². The van der Waals surface area contributed by atoms with Gasteiger partial charge in [0.1, 0.15) is 0 Å². The fourth-order valence-electron chi connectivity index (χ4n) is 8.30. The van der Waals surface area contributed by atoms with E-state index in [1.54, 1.807) is 0 Å². The fourth-order valence-corrected chi connectivity index (χ4v) is 8.30. The van der Waals surface area contributed by atoms with Crippen LogP contribution in [-0.2, 0) is 4.79 Å². The number of aliphatic hydroxyl groups excluding tert-OH is 2. The zero-order chi connectivity index (χ0) is 43.5. The van der Waals surface area contributed by atoms with Crippen LogP contribution in [0.5, 0.6) is 0 Å². The Morgan fingerprint density at radius 3 is 1.10 bits per heavy atom. The summed E-state index contributed by atoms with van der Waals surface area (Å²) in [5.41, 5.74) is 0. The van der Waals surface area contributed by atoms with Gasteiger partial charge < -0.3 is 15.5 Å². The number of unbranched alkanes of at least 4 members (excludes halogenated alkanes) is 34. The molecule has 0 aromatic heterocycles. The van der Waals surface area contributed by atoms with Crippen molar-refractivity contribution in [2.75, 3.05) is 6.61 Å². The highest BCUT2D eigenvalue weighted by Gasteiger charge is 2.20. The van der Waals surface area contributed by atoms with Crippen LogP contribution in [0, 0.1) is 0 Å². The zero-order valence-corrected chi connectivity index (χ0v) is 40.5. The van der Waals surface area contributed by atoms with Crippen LogP contribution >= 0.6 is 0 Å². The molecule has 4 nitrogen and oxygen atoms in total. The Kier molecular flexibility index (Phi) is 50.3.